The van der Waals surface area contributed by atoms with Gasteiger partial charge in [-0.15, -0.1) is 0 Å². The average Bonchev–Trinajstić information content (AvgIpc) is 2.98. The summed E-state index contributed by atoms with van der Waals surface area (Å²) < 4.78 is 11.4. The Bertz CT molecular complexity index is 817. The number of ketones is 1. The maximum atomic E-state index is 12.4. The monoisotopic (exact) mass is 432 g/mol. The van der Waals surface area contributed by atoms with E-state index in [1.54, 1.807) is 6.92 Å². The summed E-state index contributed by atoms with van der Waals surface area (Å²) in [5.41, 5.74) is 0.621. The van der Waals surface area contributed by atoms with Gasteiger partial charge in [0.1, 0.15) is 18.0 Å². The number of carbonyl (C=O) groups is 3. The van der Waals surface area contributed by atoms with Crippen molar-refractivity contribution < 1.29 is 29.0 Å². The quantitative estimate of drug-likeness (QED) is 0.541. The van der Waals surface area contributed by atoms with Crippen molar-refractivity contribution in [2.24, 2.45) is 34.5 Å². The fourth-order valence-electron chi connectivity index (χ4n) is 8.01. The summed E-state index contributed by atoms with van der Waals surface area (Å²) in [7, 11) is 0. The van der Waals surface area contributed by atoms with Gasteiger partial charge >= 0.3 is 11.9 Å². The number of hydrogen-bond donors (Lipinski definition) is 1. The molecule has 172 valence electrons. The van der Waals surface area contributed by atoms with Gasteiger partial charge in [-0.05, 0) is 61.9 Å². The number of esters is 2. The van der Waals surface area contributed by atoms with Gasteiger partial charge in [0, 0.05) is 38.0 Å². The summed E-state index contributed by atoms with van der Waals surface area (Å²) in [5.74, 6) is -0.308. The normalized spacial score (nSPS) is 46.1. The first-order valence-corrected chi connectivity index (χ1v) is 11.7. The number of hydrogen-bond acceptors (Lipinski definition) is 6. The SMILES string of the molecule is CC(=O)OC1C=C2C[C@@H](OC(C)=O)CC[C@]2(C)C2C(O)C[C@@]3(C)C(CC[C@@H]3C(C)=O)C12. The topological polar surface area (TPSA) is 89.9 Å². The molecule has 0 aromatic heterocycles. The van der Waals surface area contributed by atoms with Crippen LogP contribution in [0.2, 0.25) is 0 Å². The molecule has 0 spiro atoms. The summed E-state index contributed by atoms with van der Waals surface area (Å²) in [6, 6.07) is 0. The molecule has 31 heavy (non-hydrogen) atoms. The Labute approximate surface area is 184 Å². The summed E-state index contributed by atoms with van der Waals surface area (Å²) in [4.78, 5) is 36.0. The summed E-state index contributed by atoms with van der Waals surface area (Å²) in [6.07, 6.45) is 5.47. The maximum Gasteiger partial charge on any atom is 0.303 e. The van der Waals surface area contributed by atoms with Crippen molar-refractivity contribution in [2.45, 2.75) is 91.5 Å². The first-order valence-electron chi connectivity index (χ1n) is 11.7. The third kappa shape index (κ3) is 3.55. The predicted octanol–water partition coefficient (Wildman–Crippen LogP) is 3.60. The molecule has 3 saturated carbocycles. The number of aliphatic hydroxyl groups excluding tert-OH is 1. The molecule has 0 aliphatic heterocycles. The molecule has 3 fully saturated rings. The Kier molecular flexibility index (Phi) is 5.60. The molecule has 0 amide bonds. The largest absolute Gasteiger partial charge is 0.462 e. The first-order chi connectivity index (χ1) is 14.5. The second-order valence-electron chi connectivity index (χ2n) is 10.9. The van der Waals surface area contributed by atoms with Gasteiger partial charge < -0.3 is 14.6 Å². The average molecular weight is 433 g/mol. The molecule has 0 bridgehead atoms. The summed E-state index contributed by atoms with van der Waals surface area (Å²) >= 11 is 0. The lowest BCUT2D eigenvalue weighted by Gasteiger charge is -2.60. The fourth-order valence-corrected chi connectivity index (χ4v) is 8.01. The van der Waals surface area contributed by atoms with Gasteiger partial charge in [-0.1, -0.05) is 19.4 Å². The summed E-state index contributed by atoms with van der Waals surface area (Å²) in [5, 5.41) is 11.5. The third-order valence-corrected chi connectivity index (χ3v) is 9.12. The molecule has 5 unspecified atom stereocenters. The van der Waals surface area contributed by atoms with Crippen molar-refractivity contribution in [1.29, 1.82) is 0 Å². The van der Waals surface area contributed by atoms with Gasteiger partial charge in [0.05, 0.1) is 6.10 Å². The van der Waals surface area contributed by atoms with Gasteiger partial charge in [0.15, 0.2) is 0 Å². The van der Waals surface area contributed by atoms with E-state index < -0.39 is 12.2 Å². The van der Waals surface area contributed by atoms with Crippen molar-refractivity contribution in [2.75, 3.05) is 0 Å². The van der Waals surface area contributed by atoms with Crippen LogP contribution in [0.25, 0.3) is 0 Å². The Morgan fingerprint density at radius 3 is 2.32 bits per heavy atom. The number of rotatable bonds is 3. The van der Waals surface area contributed by atoms with E-state index >= 15 is 0 Å². The highest BCUT2D eigenvalue weighted by Crippen LogP contribution is 2.66. The van der Waals surface area contributed by atoms with E-state index in [0.29, 0.717) is 12.8 Å². The van der Waals surface area contributed by atoms with Crippen LogP contribution in [0.15, 0.2) is 11.6 Å². The van der Waals surface area contributed by atoms with E-state index in [1.165, 1.54) is 13.8 Å². The van der Waals surface area contributed by atoms with E-state index in [1.807, 2.05) is 0 Å². The van der Waals surface area contributed by atoms with Gasteiger partial charge in [-0.2, -0.15) is 0 Å². The molecule has 9 atom stereocenters. The van der Waals surface area contributed by atoms with Crippen LogP contribution in [0.5, 0.6) is 0 Å². The minimum absolute atomic E-state index is 0.0129. The Morgan fingerprint density at radius 1 is 1.03 bits per heavy atom. The zero-order valence-electron chi connectivity index (χ0n) is 19.3. The molecule has 4 rings (SSSR count). The highest BCUT2D eigenvalue weighted by molar-refractivity contribution is 5.79. The number of Topliss-reactive ketones (excluding diaryl/α,β-unsaturated/α-hetero) is 1. The predicted molar refractivity (Wildman–Crippen MR) is 114 cm³/mol. The van der Waals surface area contributed by atoms with Gasteiger partial charge in [-0.3, -0.25) is 14.4 Å². The van der Waals surface area contributed by atoms with Crippen LogP contribution in [0, 0.1) is 34.5 Å². The van der Waals surface area contributed by atoms with Crippen molar-refractivity contribution in [3.05, 3.63) is 11.6 Å². The van der Waals surface area contributed by atoms with Crippen LogP contribution < -0.4 is 0 Å². The number of fused-ring (bicyclic) bond motifs is 5. The van der Waals surface area contributed by atoms with E-state index in [0.717, 1.165) is 31.3 Å². The minimum Gasteiger partial charge on any atom is -0.462 e. The van der Waals surface area contributed by atoms with E-state index in [4.69, 9.17) is 9.47 Å². The number of ether oxygens (including phenoxy) is 2. The van der Waals surface area contributed by atoms with Gasteiger partial charge in [0.25, 0.3) is 0 Å². The maximum absolute atomic E-state index is 12.4. The van der Waals surface area contributed by atoms with Gasteiger partial charge in [0.2, 0.25) is 0 Å². The molecule has 6 nitrogen and oxygen atoms in total. The Hall–Kier alpha value is -1.69. The van der Waals surface area contributed by atoms with Crippen molar-refractivity contribution in [3.63, 3.8) is 0 Å². The molecule has 0 radical (unpaired) electrons. The van der Waals surface area contributed by atoms with Crippen LogP contribution in [0.3, 0.4) is 0 Å². The Morgan fingerprint density at radius 2 is 1.71 bits per heavy atom. The third-order valence-electron chi connectivity index (χ3n) is 9.12. The molecule has 4 aliphatic carbocycles. The Balaban J connectivity index is 1.76. The van der Waals surface area contributed by atoms with Crippen LogP contribution in [0.1, 0.15) is 73.1 Å². The van der Waals surface area contributed by atoms with Crippen LogP contribution in [-0.2, 0) is 23.9 Å². The van der Waals surface area contributed by atoms with Crippen LogP contribution in [0.4, 0.5) is 0 Å². The fraction of sp³-hybridized carbons (Fsp3) is 0.800. The van der Waals surface area contributed by atoms with Crippen molar-refractivity contribution in [3.8, 4) is 0 Å². The smallest absolute Gasteiger partial charge is 0.303 e. The molecular formula is C25H36O6. The second-order valence-corrected chi connectivity index (χ2v) is 10.9. The zero-order chi connectivity index (χ0) is 22.7. The lowest BCUT2D eigenvalue weighted by atomic mass is 9.45. The molecule has 0 heterocycles. The molecule has 6 heteroatoms. The highest BCUT2D eigenvalue weighted by Gasteiger charge is 2.65. The van der Waals surface area contributed by atoms with Gasteiger partial charge in [-0.25, -0.2) is 0 Å². The van der Waals surface area contributed by atoms with Crippen molar-refractivity contribution in [1.82, 2.24) is 0 Å². The highest BCUT2D eigenvalue weighted by atomic mass is 16.5. The molecular weight excluding hydrogens is 396 g/mol. The first kappa shape index (κ1) is 22.5. The van der Waals surface area contributed by atoms with E-state index in [9.17, 15) is 19.5 Å². The lowest BCUT2D eigenvalue weighted by molar-refractivity contribution is -0.177. The van der Waals surface area contributed by atoms with Crippen LogP contribution in [-0.4, -0.2) is 41.1 Å². The lowest BCUT2D eigenvalue weighted by Crippen LogP contribution is -2.60. The van der Waals surface area contributed by atoms with Crippen molar-refractivity contribution >= 4 is 17.7 Å². The zero-order valence-corrected chi connectivity index (χ0v) is 19.3. The van der Waals surface area contributed by atoms with Crippen LogP contribution >= 0.6 is 0 Å². The molecule has 0 saturated heterocycles. The molecule has 0 aromatic rings. The molecule has 4 aliphatic rings. The minimum atomic E-state index is -0.566. The standard InChI is InChI=1S/C25H36O6/c1-13(26)18-6-7-19-22-21(31-15(3)28)11-16-10-17(30-14(2)27)8-9-24(16,4)23(22)20(29)12-25(18,19)5/h11,17-23,29H,6-10,12H2,1-5H3/t17-,18+,19?,20?,21?,22?,23?,24-,25+/m0/s1. The summed E-state index contributed by atoms with van der Waals surface area (Å²) in [6.45, 7) is 8.89. The van der Waals surface area contributed by atoms with E-state index in [2.05, 4.69) is 19.9 Å². The molecule has 0 aromatic carbocycles. The molecule has 1 N–H and O–H groups in total. The van der Waals surface area contributed by atoms with E-state index in [-0.39, 0.29) is 58.3 Å². The number of carbonyl (C=O) groups excluding carboxylic acids is 3. The second kappa shape index (κ2) is 7.72. The number of aliphatic hydroxyl groups is 1.